The van der Waals surface area contributed by atoms with E-state index in [0.717, 1.165) is 185 Å². The first-order valence-corrected chi connectivity index (χ1v) is 52.3. The largest absolute Gasteiger partial charge is 0.508 e. The van der Waals surface area contributed by atoms with E-state index in [9.17, 15) is 47.9 Å². The molecular formula is C108H186Cl2N14O14. The van der Waals surface area contributed by atoms with Crippen molar-refractivity contribution in [2.75, 3.05) is 105 Å². The van der Waals surface area contributed by atoms with Crippen LogP contribution in [0.25, 0.3) is 0 Å². The summed E-state index contributed by atoms with van der Waals surface area (Å²) in [7, 11) is 0. The second-order valence-corrected chi connectivity index (χ2v) is 40.3. The lowest BCUT2D eigenvalue weighted by atomic mass is 9.81. The van der Waals surface area contributed by atoms with Gasteiger partial charge in [-0.15, -0.1) is 0 Å². The highest BCUT2D eigenvalue weighted by atomic mass is 35.5. The van der Waals surface area contributed by atoms with Gasteiger partial charge in [-0.2, -0.15) is 0 Å². The molecule has 4 aromatic carbocycles. The molecule has 0 bridgehead atoms. The molecule has 30 heteroatoms. The molecule has 4 aromatic rings. The van der Waals surface area contributed by atoms with Crippen molar-refractivity contribution in [2.24, 2.45) is 17.4 Å². The number of piperazine rings is 1. The van der Waals surface area contributed by atoms with Crippen LogP contribution in [-0.2, 0) is 63.0 Å². The minimum absolute atomic E-state index is 0.0268. The maximum Gasteiger partial charge on any atom is 0.410 e. The Morgan fingerprint density at radius 1 is 0.486 bits per heavy atom. The number of benzene rings is 4. The van der Waals surface area contributed by atoms with E-state index in [1.54, 1.807) is 52.9 Å². The smallest absolute Gasteiger partial charge is 0.410 e. The molecule has 10 amide bonds. The zero-order valence-corrected chi connectivity index (χ0v) is 90.4. The quantitative estimate of drug-likeness (QED) is 0.0147. The Labute approximate surface area is 842 Å². The molecule has 1 atom stereocenters. The summed E-state index contributed by atoms with van der Waals surface area (Å²) in [6.07, 6.45) is 27.1. The second kappa shape index (κ2) is 75.1. The van der Waals surface area contributed by atoms with Crippen LogP contribution in [0.5, 0.6) is 5.75 Å². The molecule has 0 spiro atoms. The SMILES string of the molecule is CCCCC(=O)N1CCN(C(=O)OC(C)(C)C)CC1.CCCCN1CCc2ccccc2C1.CCCCNC(=O)C(N)Cc1ccc(O)cc1.CCCCNC(=O)C1(NC(=O)OC(C)(C)C)CCCCC1.CCCCNC(=O)C1CCNCC1.CCCCNC(=O)CCCN.CCCCNC(=O)c1ccc(C(C)(C)C)cc1.CCCCNC(=O)c1ccc(Cl)c(Cl)c1.CCCNC(=O)OC(C)(C)C. The third-order valence-corrected chi connectivity index (χ3v) is 22.8. The number of unbranched alkanes of at least 4 members (excludes halogenated alkanes) is 8. The molecule has 786 valence electrons. The van der Waals surface area contributed by atoms with Crippen LogP contribution in [0.2, 0.25) is 10.0 Å². The van der Waals surface area contributed by atoms with Crippen LogP contribution in [0.4, 0.5) is 14.4 Å². The van der Waals surface area contributed by atoms with Gasteiger partial charge >= 0.3 is 18.3 Å². The van der Waals surface area contributed by atoms with Gasteiger partial charge in [0.15, 0.2) is 0 Å². The zero-order chi connectivity index (χ0) is 104. The minimum Gasteiger partial charge on any atom is -0.508 e. The molecule has 28 nitrogen and oxygen atoms in total. The van der Waals surface area contributed by atoms with Gasteiger partial charge in [-0.05, 0) is 261 Å². The first-order valence-electron chi connectivity index (χ1n) is 51.6. The van der Waals surface area contributed by atoms with Gasteiger partial charge in [-0.1, -0.05) is 225 Å². The number of aromatic hydroxyl groups is 1. The molecule has 1 aliphatic carbocycles. The summed E-state index contributed by atoms with van der Waals surface area (Å²) < 4.78 is 15.6. The molecule has 14 N–H and O–H groups in total. The number of ether oxygens (including phenoxy) is 3. The van der Waals surface area contributed by atoms with Crippen molar-refractivity contribution in [1.82, 2.24) is 62.6 Å². The van der Waals surface area contributed by atoms with E-state index in [1.807, 2.05) is 98.4 Å². The van der Waals surface area contributed by atoms with Gasteiger partial charge in [-0.3, -0.25) is 38.5 Å². The number of carbonyl (C=O) groups is 10. The lowest BCUT2D eigenvalue weighted by Gasteiger charge is -2.37. The first-order chi connectivity index (χ1) is 65.3. The van der Waals surface area contributed by atoms with E-state index in [2.05, 4.69) is 153 Å². The first kappa shape index (κ1) is 129. The molecule has 0 radical (unpaired) electrons. The number of nitrogens with one attached hydrogen (secondary N) is 9. The van der Waals surface area contributed by atoms with Gasteiger partial charge in [0.05, 0.1) is 16.1 Å². The summed E-state index contributed by atoms with van der Waals surface area (Å²) in [5.74, 6) is 0.798. The van der Waals surface area contributed by atoms with Crippen molar-refractivity contribution < 1.29 is 67.3 Å². The number of nitrogens with two attached hydrogens (primary N) is 2. The summed E-state index contributed by atoms with van der Waals surface area (Å²) in [5.41, 5.74) is 15.5. The molecule has 1 unspecified atom stereocenters. The minimum atomic E-state index is -0.797. The molecule has 8 rings (SSSR count). The normalized spacial score (nSPS) is 14.0. The number of phenols is 1. The van der Waals surface area contributed by atoms with Crippen LogP contribution in [0.3, 0.4) is 0 Å². The van der Waals surface area contributed by atoms with E-state index >= 15 is 0 Å². The van der Waals surface area contributed by atoms with Crippen LogP contribution in [0, 0.1) is 5.92 Å². The summed E-state index contributed by atoms with van der Waals surface area (Å²) in [6, 6.07) is 27.8. The number of hydrogen-bond acceptors (Lipinski definition) is 18. The van der Waals surface area contributed by atoms with Crippen molar-refractivity contribution in [3.05, 3.63) is 134 Å². The van der Waals surface area contributed by atoms with Crippen LogP contribution in [-0.4, -0.2) is 213 Å². The summed E-state index contributed by atoms with van der Waals surface area (Å²) in [5, 5.41) is 36.0. The fraction of sp³-hybridized carbons (Fsp3) is 0.685. The molecule has 138 heavy (non-hydrogen) atoms. The number of carbonyl (C=O) groups excluding carboxylic acids is 10. The zero-order valence-electron chi connectivity index (χ0n) is 88.8. The molecular weight excluding hydrogens is 1790 g/mol. The van der Waals surface area contributed by atoms with Gasteiger partial charge in [0.25, 0.3) is 11.8 Å². The highest BCUT2D eigenvalue weighted by Gasteiger charge is 2.42. The van der Waals surface area contributed by atoms with Crippen molar-refractivity contribution >= 4 is 82.8 Å². The number of alkyl carbamates (subject to hydrolysis) is 2. The Balaban J connectivity index is 0.00000154. The van der Waals surface area contributed by atoms with Gasteiger partial charge in [-0.25, -0.2) is 14.4 Å². The number of piperidine rings is 1. The second-order valence-electron chi connectivity index (χ2n) is 39.5. The van der Waals surface area contributed by atoms with Gasteiger partial charge in [0, 0.05) is 115 Å². The average molecular weight is 1980 g/mol. The fourth-order valence-electron chi connectivity index (χ4n) is 13.8. The Morgan fingerprint density at radius 2 is 0.964 bits per heavy atom. The summed E-state index contributed by atoms with van der Waals surface area (Å²) >= 11 is 11.6. The number of halogens is 2. The number of rotatable bonds is 37. The van der Waals surface area contributed by atoms with Crippen molar-refractivity contribution in [1.29, 1.82) is 0 Å². The third kappa shape index (κ3) is 63.8. The molecule has 3 heterocycles. The van der Waals surface area contributed by atoms with Crippen molar-refractivity contribution in [2.45, 2.75) is 372 Å². The molecule has 0 aromatic heterocycles. The molecule has 2 saturated heterocycles. The van der Waals surface area contributed by atoms with Crippen LogP contribution in [0.1, 0.15) is 362 Å². The van der Waals surface area contributed by atoms with Gasteiger partial charge in [0.2, 0.25) is 29.5 Å². The van der Waals surface area contributed by atoms with E-state index in [4.69, 9.17) is 54.0 Å². The number of nitrogens with zero attached hydrogens (tertiary/aromatic N) is 3. The Bertz CT molecular complexity index is 3980. The highest BCUT2D eigenvalue weighted by molar-refractivity contribution is 6.42. The van der Waals surface area contributed by atoms with Crippen molar-refractivity contribution in [3.8, 4) is 5.75 Å². The number of hydrogen-bond donors (Lipinski definition) is 12. The molecule has 4 aliphatic rings. The predicted octanol–water partition coefficient (Wildman–Crippen LogP) is 19.9. The Kier molecular flexibility index (Phi) is 70.3. The maximum atomic E-state index is 12.5. The highest BCUT2D eigenvalue weighted by Crippen LogP contribution is 2.30. The fourth-order valence-corrected chi connectivity index (χ4v) is 14.1. The van der Waals surface area contributed by atoms with Crippen molar-refractivity contribution in [3.63, 3.8) is 0 Å². The predicted molar refractivity (Wildman–Crippen MR) is 565 cm³/mol. The van der Waals surface area contributed by atoms with E-state index in [0.29, 0.717) is 107 Å². The van der Waals surface area contributed by atoms with Gasteiger partial charge in [0.1, 0.15) is 28.1 Å². The standard InChI is InChI=1S/C16H30N2O3.C15H23NO.C14H26N2O3.C13H20N2O2.C13H19N.C11H13Cl2NO.C10H20N2O.C8H18N2O.C8H17NO2/c1-5-6-12-17-13(19)16(10-8-7-9-11-16)18-14(20)21-15(2,3)4;1-5-6-11-16-14(17)12-7-9-13(10-8-12)15(2,3)4;1-5-6-7-12(17)15-8-10-16(11-9-15)13(18)19-14(2,3)4;1-2-3-8-15-13(17)12(14)9-10-4-6-11(16)7-5-10;1-2-3-9-14-10-8-12-6-4-5-7-13(12)11-14;1-2-3-6-14-11(15)8-4-5-9(12)10(13)7-8;1-2-3-6-12-10(13)9-4-7-11-8-5-9;1-2-3-7-10-8(11)5-4-6-9;1-5-6-9-7(10)11-8(2,3)4/h5-12H2,1-4H3,(H,17,19)(H,18,20);7-10H,5-6,11H2,1-4H3,(H,16,17);5-11H2,1-4H3;4-7,12,16H,2-3,8-9,14H2,1H3,(H,15,17);4-7H,2-3,8-11H2,1H3;4-5,7H,2-3,6H2,1H3,(H,14,15);9,11H,2-8H2,1H3,(H,12,13);2-7,9H2,1H3,(H,10,11);5-6H2,1-4H3,(H,9,10). The third-order valence-electron chi connectivity index (χ3n) is 22.1. The topological polar surface area (TPSA) is 389 Å². The summed E-state index contributed by atoms with van der Waals surface area (Å²) in [4.78, 5) is 123. The molecule has 1 saturated carbocycles. The number of fused-ring (bicyclic) bond motifs is 1. The number of amides is 10. The molecule has 3 fully saturated rings. The lowest BCUT2D eigenvalue weighted by molar-refractivity contribution is -0.133. The summed E-state index contributed by atoms with van der Waals surface area (Å²) in [6.45, 7) is 55.7. The van der Waals surface area contributed by atoms with E-state index < -0.39 is 34.5 Å². The lowest BCUT2D eigenvalue weighted by Crippen LogP contribution is -2.60. The number of phenolic OH excluding ortho intramolecular Hbond substituents is 1. The monoisotopic (exact) mass is 1970 g/mol. The van der Waals surface area contributed by atoms with E-state index in [1.165, 1.54) is 43.5 Å². The average Bonchev–Trinajstić information content (AvgIpc) is 0.810. The van der Waals surface area contributed by atoms with Crippen LogP contribution < -0.4 is 59.3 Å². The Morgan fingerprint density at radius 3 is 1.46 bits per heavy atom. The van der Waals surface area contributed by atoms with Crippen LogP contribution in [0.15, 0.2) is 91.0 Å². The maximum absolute atomic E-state index is 12.5. The van der Waals surface area contributed by atoms with E-state index in [-0.39, 0.29) is 70.6 Å². The van der Waals surface area contributed by atoms with Gasteiger partial charge < -0.3 is 88.4 Å². The van der Waals surface area contributed by atoms with Crippen LogP contribution >= 0.6 is 23.2 Å². The molecule has 3 aliphatic heterocycles. The Hall–Kier alpha value is -8.80.